The molecule has 1 rings (SSSR count). The number of aryl methyl sites for hydroxylation is 2. The predicted molar refractivity (Wildman–Crippen MR) is 74.0 cm³/mol. The van der Waals surface area contributed by atoms with Gasteiger partial charge in [0.25, 0.3) is 0 Å². The third-order valence-corrected chi connectivity index (χ3v) is 3.27. The second-order valence-corrected chi connectivity index (χ2v) is 5.08. The van der Waals surface area contributed by atoms with Crippen molar-refractivity contribution in [3.05, 3.63) is 17.5 Å². The number of rotatable bonds is 8. The van der Waals surface area contributed by atoms with Crippen molar-refractivity contribution in [2.75, 3.05) is 14.2 Å². The van der Waals surface area contributed by atoms with Gasteiger partial charge < -0.3 is 14.6 Å². The fourth-order valence-corrected chi connectivity index (χ4v) is 2.19. The maximum atomic E-state index is 10.5. The second-order valence-electron chi connectivity index (χ2n) is 5.08. The molecule has 0 aliphatic rings. The number of methoxy groups -OCH3 is 2. The van der Waals surface area contributed by atoms with Crippen molar-refractivity contribution in [3.8, 4) is 0 Å². The lowest BCUT2D eigenvalue weighted by Gasteiger charge is -2.27. The minimum Gasteiger partial charge on any atom is -0.390 e. The van der Waals surface area contributed by atoms with E-state index in [9.17, 15) is 5.11 Å². The van der Waals surface area contributed by atoms with Gasteiger partial charge in [-0.3, -0.25) is 4.68 Å². The molecule has 0 aliphatic carbocycles. The van der Waals surface area contributed by atoms with Crippen molar-refractivity contribution in [2.45, 2.75) is 58.5 Å². The van der Waals surface area contributed by atoms with Crippen molar-refractivity contribution in [3.63, 3.8) is 0 Å². The highest BCUT2D eigenvalue weighted by Crippen LogP contribution is 2.21. The van der Waals surface area contributed by atoms with Gasteiger partial charge >= 0.3 is 0 Å². The highest BCUT2D eigenvalue weighted by Gasteiger charge is 2.27. The van der Waals surface area contributed by atoms with Gasteiger partial charge in [0.15, 0.2) is 6.29 Å². The zero-order valence-corrected chi connectivity index (χ0v) is 12.6. The van der Waals surface area contributed by atoms with Crippen LogP contribution in [0.3, 0.4) is 0 Å². The van der Waals surface area contributed by atoms with Gasteiger partial charge in [-0.05, 0) is 26.3 Å². The maximum absolute atomic E-state index is 10.5. The molecule has 1 N–H and O–H groups in total. The number of nitrogens with zero attached hydrogens (tertiary/aromatic N) is 2. The van der Waals surface area contributed by atoms with Gasteiger partial charge in [0.05, 0.1) is 11.3 Å². The first kappa shape index (κ1) is 16.1. The first-order valence-corrected chi connectivity index (χ1v) is 6.79. The summed E-state index contributed by atoms with van der Waals surface area (Å²) in [6, 6.07) is 2.06. The molecule has 0 amide bonds. The molecule has 1 aromatic heterocycles. The molecule has 1 atom stereocenters. The normalized spacial score (nSPS) is 14.9. The van der Waals surface area contributed by atoms with E-state index in [1.807, 2.05) is 4.68 Å². The molecular weight excluding hydrogens is 244 g/mol. The standard InChI is InChI=1S/C14H26N2O3/c1-6-11-8-12(16(7-2)15-11)9-14(3,17)10-13(18-4)19-5/h8,13,17H,6-7,9-10H2,1-5H3. The van der Waals surface area contributed by atoms with E-state index in [1.165, 1.54) is 0 Å². The minimum atomic E-state index is -0.880. The molecule has 1 unspecified atom stereocenters. The summed E-state index contributed by atoms with van der Waals surface area (Å²) in [6.07, 6.45) is 1.48. The Kier molecular flexibility index (Phi) is 5.97. The van der Waals surface area contributed by atoms with E-state index in [-0.39, 0.29) is 0 Å². The molecule has 110 valence electrons. The molecule has 1 heterocycles. The third kappa shape index (κ3) is 4.60. The number of aliphatic hydroxyl groups is 1. The van der Waals surface area contributed by atoms with Crippen molar-refractivity contribution < 1.29 is 14.6 Å². The van der Waals surface area contributed by atoms with Crippen LogP contribution in [0.2, 0.25) is 0 Å². The van der Waals surface area contributed by atoms with Crippen molar-refractivity contribution in [2.24, 2.45) is 0 Å². The predicted octanol–water partition coefficient (Wildman–Crippen LogP) is 1.77. The van der Waals surface area contributed by atoms with Crippen LogP contribution in [-0.2, 0) is 28.9 Å². The van der Waals surface area contributed by atoms with Crippen LogP contribution >= 0.6 is 0 Å². The number of aromatic nitrogens is 2. The van der Waals surface area contributed by atoms with E-state index in [0.717, 1.165) is 24.4 Å². The molecule has 0 fully saturated rings. The van der Waals surface area contributed by atoms with E-state index in [2.05, 4.69) is 25.0 Å². The molecule has 5 heteroatoms. The molecule has 0 saturated heterocycles. The molecule has 0 bridgehead atoms. The van der Waals surface area contributed by atoms with Crippen LogP contribution in [0.4, 0.5) is 0 Å². The average Bonchev–Trinajstić information content (AvgIpc) is 2.77. The Morgan fingerprint density at radius 1 is 1.37 bits per heavy atom. The summed E-state index contributed by atoms with van der Waals surface area (Å²) in [5.41, 5.74) is 1.23. The van der Waals surface area contributed by atoms with Gasteiger partial charge in [-0.1, -0.05) is 6.92 Å². The van der Waals surface area contributed by atoms with E-state index >= 15 is 0 Å². The molecule has 5 nitrogen and oxygen atoms in total. The van der Waals surface area contributed by atoms with Crippen LogP contribution in [0.25, 0.3) is 0 Å². The summed E-state index contributed by atoms with van der Waals surface area (Å²) in [6.45, 7) is 6.74. The van der Waals surface area contributed by atoms with Crippen LogP contribution < -0.4 is 0 Å². The van der Waals surface area contributed by atoms with Crippen LogP contribution in [-0.4, -0.2) is 41.0 Å². The van der Waals surface area contributed by atoms with E-state index < -0.39 is 11.9 Å². The van der Waals surface area contributed by atoms with Crippen LogP contribution in [0, 0.1) is 0 Å². The van der Waals surface area contributed by atoms with Crippen molar-refractivity contribution in [1.82, 2.24) is 9.78 Å². The van der Waals surface area contributed by atoms with Crippen LogP contribution in [0.15, 0.2) is 6.07 Å². The van der Waals surface area contributed by atoms with E-state index in [4.69, 9.17) is 9.47 Å². The lowest BCUT2D eigenvalue weighted by atomic mass is 9.95. The van der Waals surface area contributed by atoms with Gasteiger partial charge in [-0.25, -0.2) is 0 Å². The second kappa shape index (κ2) is 7.03. The van der Waals surface area contributed by atoms with Crippen LogP contribution in [0.5, 0.6) is 0 Å². The zero-order chi connectivity index (χ0) is 14.5. The fourth-order valence-electron chi connectivity index (χ4n) is 2.19. The van der Waals surface area contributed by atoms with Gasteiger partial charge in [-0.2, -0.15) is 5.10 Å². The van der Waals surface area contributed by atoms with Gasteiger partial charge in [-0.15, -0.1) is 0 Å². The SMILES string of the molecule is CCc1cc(CC(C)(O)CC(OC)OC)n(CC)n1. The van der Waals surface area contributed by atoms with Gasteiger partial charge in [0.1, 0.15) is 0 Å². The van der Waals surface area contributed by atoms with Crippen LogP contribution in [0.1, 0.15) is 38.6 Å². The van der Waals surface area contributed by atoms with Crippen molar-refractivity contribution in [1.29, 1.82) is 0 Å². The fraction of sp³-hybridized carbons (Fsp3) is 0.786. The summed E-state index contributed by atoms with van der Waals surface area (Å²) in [5.74, 6) is 0. The lowest BCUT2D eigenvalue weighted by molar-refractivity contribution is -0.140. The quantitative estimate of drug-likeness (QED) is 0.731. The Labute approximate surface area is 115 Å². The summed E-state index contributed by atoms with van der Waals surface area (Å²) in [4.78, 5) is 0. The Bertz CT molecular complexity index is 384. The summed E-state index contributed by atoms with van der Waals surface area (Å²) in [7, 11) is 3.16. The lowest BCUT2D eigenvalue weighted by Crippen LogP contribution is -2.34. The molecule has 0 aliphatic heterocycles. The molecule has 0 aromatic carbocycles. The monoisotopic (exact) mass is 270 g/mol. The third-order valence-electron chi connectivity index (χ3n) is 3.27. The Morgan fingerprint density at radius 2 is 2.00 bits per heavy atom. The summed E-state index contributed by atoms with van der Waals surface area (Å²) in [5, 5.41) is 15.0. The molecule has 0 saturated carbocycles. The average molecular weight is 270 g/mol. The highest BCUT2D eigenvalue weighted by atomic mass is 16.7. The number of hydrogen-bond donors (Lipinski definition) is 1. The first-order valence-electron chi connectivity index (χ1n) is 6.79. The van der Waals surface area contributed by atoms with E-state index in [1.54, 1.807) is 21.1 Å². The first-order chi connectivity index (χ1) is 8.95. The number of hydrogen-bond acceptors (Lipinski definition) is 4. The minimum absolute atomic E-state index is 0.390. The topological polar surface area (TPSA) is 56.5 Å². The van der Waals surface area contributed by atoms with Gasteiger partial charge in [0, 0.05) is 39.3 Å². The highest BCUT2D eigenvalue weighted by molar-refractivity contribution is 5.12. The number of ether oxygens (including phenoxy) is 2. The molecule has 0 radical (unpaired) electrons. The smallest absolute Gasteiger partial charge is 0.159 e. The Morgan fingerprint density at radius 3 is 2.47 bits per heavy atom. The molecule has 1 aromatic rings. The summed E-state index contributed by atoms with van der Waals surface area (Å²) >= 11 is 0. The molecule has 19 heavy (non-hydrogen) atoms. The Balaban J connectivity index is 2.78. The molecular formula is C14H26N2O3. The zero-order valence-electron chi connectivity index (χ0n) is 12.6. The van der Waals surface area contributed by atoms with Gasteiger partial charge in [0.2, 0.25) is 0 Å². The van der Waals surface area contributed by atoms with Crippen molar-refractivity contribution >= 4 is 0 Å². The Hall–Kier alpha value is -0.910. The van der Waals surface area contributed by atoms with E-state index in [0.29, 0.717) is 12.8 Å². The summed E-state index contributed by atoms with van der Waals surface area (Å²) < 4.78 is 12.2. The maximum Gasteiger partial charge on any atom is 0.159 e. The molecule has 0 spiro atoms. The largest absolute Gasteiger partial charge is 0.390 e.